The third kappa shape index (κ3) is 2.09. The van der Waals surface area contributed by atoms with Gasteiger partial charge in [0.05, 0.1) is 6.61 Å². The second-order valence-electron chi connectivity index (χ2n) is 3.84. The van der Waals surface area contributed by atoms with Crippen molar-refractivity contribution in [1.82, 2.24) is 9.55 Å². The highest BCUT2D eigenvalue weighted by molar-refractivity contribution is 5.28. The number of hydrogen-bond donors (Lipinski definition) is 5. The topological polar surface area (TPSA) is 137 Å². The van der Waals surface area contributed by atoms with Crippen molar-refractivity contribution in [2.24, 2.45) is 0 Å². The van der Waals surface area contributed by atoms with Gasteiger partial charge in [-0.3, -0.25) is 15.3 Å². The molecule has 9 heteroatoms. The number of rotatable bonds is 3. The third-order valence-electron chi connectivity index (χ3n) is 2.74. The van der Waals surface area contributed by atoms with Gasteiger partial charge in [-0.25, -0.2) is 4.79 Å². The summed E-state index contributed by atoms with van der Waals surface area (Å²) in [6.45, 7) is -0.479. The van der Waals surface area contributed by atoms with Crippen molar-refractivity contribution in [3.63, 3.8) is 0 Å². The molecule has 1 aliphatic rings. The van der Waals surface area contributed by atoms with E-state index in [2.05, 4.69) is 4.98 Å². The minimum Gasteiger partial charge on any atom is -0.394 e. The standard InChI is InChI=1S/C9H13N3O6/c13-3-4-6(14)7(15)8(18-4)12-2-1-5(11-17)10-9(12)16/h1-2,4,6-8,13-15,17H,3H2,(H,10,11,16)/t4-,6-,7-,8?/m1/s1/i3+1,4+1,6+1,7+1,8+1. The molecule has 0 amide bonds. The summed E-state index contributed by atoms with van der Waals surface area (Å²) in [4.78, 5) is 15.1. The number of aliphatic hydroxyl groups excluding tert-OH is 3. The van der Waals surface area contributed by atoms with Crippen LogP contribution >= 0.6 is 0 Å². The van der Waals surface area contributed by atoms with Crippen LogP contribution < -0.4 is 11.2 Å². The molecule has 0 saturated carbocycles. The van der Waals surface area contributed by atoms with Crippen molar-refractivity contribution in [1.29, 1.82) is 0 Å². The van der Waals surface area contributed by atoms with Crippen LogP contribution in [0, 0.1) is 0 Å². The second-order valence-corrected chi connectivity index (χ2v) is 3.84. The lowest BCUT2D eigenvalue weighted by atomic mass is 10.6. The molecule has 0 spiro atoms. The molecule has 1 aromatic heterocycles. The number of nitrogens with zero attached hydrogens (tertiary/aromatic N) is 2. The first-order chi connectivity index (χ1) is 8.58. The van der Waals surface area contributed by atoms with Crippen molar-refractivity contribution < 1.29 is 25.3 Å². The van der Waals surface area contributed by atoms with E-state index in [0.717, 1.165) is 4.57 Å². The molecule has 2 heterocycles. The Balaban J connectivity index is 2.30. The summed E-state index contributed by atoms with van der Waals surface area (Å²) in [6, 6.07) is 1.29. The Morgan fingerprint density at radius 1 is 1.44 bits per heavy atom. The Bertz CT molecular complexity index is 478. The smallest absolute Gasteiger partial charge is 0.351 e. The second kappa shape index (κ2) is 5.00. The lowest BCUT2D eigenvalue weighted by Crippen LogP contribution is -2.36. The minimum absolute atomic E-state index is 0.0528. The number of aliphatic hydroxyl groups is 3. The number of anilines is 1. The molecule has 1 aromatic rings. The first kappa shape index (κ1) is 12.9. The summed E-state index contributed by atoms with van der Waals surface area (Å²) in [5.41, 5.74) is 0.934. The molecule has 0 bridgehead atoms. The van der Waals surface area contributed by atoms with Gasteiger partial charge in [-0.15, -0.1) is 0 Å². The normalized spacial score (nSPS) is 31.6. The molecule has 1 unspecified atom stereocenters. The molecular weight excluding hydrogens is 251 g/mol. The maximum atomic E-state index is 11.6. The van der Waals surface area contributed by atoms with Crippen LogP contribution in [-0.2, 0) is 4.74 Å². The minimum atomic E-state index is -1.35. The number of hydrogen-bond acceptors (Lipinski definition) is 8. The molecule has 5 N–H and O–H groups in total. The van der Waals surface area contributed by atoms with Gasteiger partial charge in [0.25, 0.3) is 0 Å². The Morgan fingerprint density at radius 3 is 2.67 bits per heavy atom. The fourth-order valence-corrected chi connectivity index (χ4v) is 1.78. The quantitative estimate of drug-likeness (QED) is 0.302. The molecule has 1 saturated heterocycles. The first-order valence-electron chi connectivity index (χ1n) is 5.20. The maximum absolute atomic E-state index is 11.6. The van der Waals surface area contributed by atoms with Gasteiger partial charge in [0, 0.05) is 6.20 Å². The predicted octanol–water partition coefficient (Wildman–Crippen LogP) is -2.34. The van der Waals surface area contributed by atoms with E-state index in [9.17, 15) is 15.0 Å². The molecule has 1 fully saturated rings. The average molecular weight is 264 g/mol. The number of ether oxygens (including phenoxy) is 1. The summed E-state index contributed by atoms with van der Waals surface area (Å²) < 4.78 is 6.13. The zero-order chi connectivity index (χ0) is 13.3. The average Bonchev–Trinajstić information content (AvgIpc) is 2.66. The maximum Gasteiger partial charge on any atom is 0.351 e. The van der Waals surface area contributed by atoms with Crippen LogP contribution in [0.1, 0.15) is 6.23 Å². The third-order valence-corrected chi connectivity index (χ3v) is 2.74. The number of aromatic nitrogens is 2. The van der Waals surface area contributed by atoms with Gasteiger partial charge in [-0.05, 0) is 6.07 Å². The van der Waals surface area contributed by atoms with Crippen LogP contribution in [0.3, 0.4) is 0 Å². The van der Waals surface area contributed by atoms with E-state index in [1.165, 1.54) is 12.3 Å². The van der Waals surface area contributed by atoms with Gasteiger partial charge in [0.2, 0.25) is 0 Å². The van der Waals surface area contributed by atoms with E-state index < -0.39 is 36.8 Å². The zero-order valence-corrected chi connectivity index (χ0v) is 9.17. The highest BCUT2D eigenvalue weighted by Crippen LogP contribution is 2.27. The van der Waals surface area contributed by atoms with Crippen LogP contribution in [0.15, 0.2) is 17.1 Å². The van der Waals surface area contributed by atoms with E-state index in [0.29, 0.717) is 0 Å². The van der Waals surface area contributed by atoms with E-state index in [4.69, 9.17) is 15.1 Å². The highest BCUT2D eigenvalue weighted by atomic mass is 16.8. The summed E-state index contributed by atoms with van der Waals surface area (Å²) in [7, 11) is 0. The van der Waals surface area contributed by atoms with Crippen molar-refractivity contribution in [2.75, 3.05) is 12.1 Å². The fourth-order valence-electron chi connectivity index (χ4n) is 1.78. The predicted molar refractivity (Wildman–Crippen MR) is 56.9 cm³/mol. The molecular formula is C9H13N3O6. The van der Waals surface area contributed by atoms with Gasteiger partial charge in [0.1, 0.15) is 18.3 Å². The summed E-state index contributed by atoms with van der Waals surface area (Å²) >= 11 is 0. The molecule has 0 radical (unpaired) electrons. The van der Waals surface area contributed by atoms with Crippen LogP contribution in [0.2, 0.25) is 0 Å². The van der Waals surface area contributed by atoms with Gasteiger partial charge < -0.3 is 20.1 Å². The summed E-state index contributed by atoms with van der Waals surface area (Å²) in [5, 5.41) is 36.8. The molecule has 2 rings (SSSR count). The van der Waals surface area contributed by atoms with E-state index in [1.807, 2.05) is 0 Å². The molecule has 9 nitrogen and oxygen atoms in total. The largest absolute Gasteiger partial charge is 0.394 e. The monoisotopic (exact) mass is 264 g/mol. The first-order valence-corrected chi connectivity index (χ1v) is 5.20. The van der Waals surface area contributed by atoms with Crippen molar-refractivity contribution >= 4 is 5.82 Å². The zero-order valence-electron chi connectivity index (χ0n) is 9.17. The molecule has 0 aromatic carbocycles. The number of nitrogens with one attached hydrogen (secondary N) is 1. The van der Waals surface area contributed by atoms with Crippen molar-refractivity contribution in [2.45, 2.75) is 24.5 Å². The lowest BCUT2D eigenvalue weighted by Gasteiger charge is -2.16. The molecule has 100 valence electrons. The van der Waals surface area contributed by atoms with E-state index >= 15 is 0 Å². The van der Waals surface area contributed by atoms with Gasteiger partial charge in [-0.2, -0.15) is 4.98 Å². The molecule has 1 aliphatic heterocycles. The van der Waals surface area contributed by atoms with Crippen LogP contribution in [-0.4, -0.2) is 55.0 Å². The molecule has 18 heavy (non-hydrogen) atoms. The van der Waals surface area contributed by atoms with Gasteiger partial charge in [0.15, 0.2) is 12.0 Å². The van der Waals surface area contributed by atoms with Crippen molar-refractivity contribution in [3.8, 4) is 0 Å². The Hall–Kier alpha value is -1.52. The van der Waals surface area contributed by atoms with E-state index in [-0.39, 0.29) is 5.82 Å². The molecule has 4 atom stereocenters. The Labute approximate surface area is 101 Å². The van der Waals surface area contributed by atoms with Crippen LogP contribution in [0.5, 0.6) is 0 Å². The van der Waals surface area contributed by atoms with Gasteiger partial charge in [-0.1, -0.05) is 0 Å². The van der Waals surface area contributed by atoms with Crippen LogP contribution in [0.4, 0.5) is 5.82 Å². The van der Waals surface area contributed by atoms with Crippen molar-refractivity contribution in [3.05, 3.63) is 22.7 Å². The lowest BCUT2D eigenvalue weighted by molar-refractivity contribution is -0.0549. The van der Waals surface area contributed by atoms with Crippen LogP contribution in [0.25, 0.3) is 0 Å². The highest BCUT2D eigenvalue weighted by Gasteiger charge is 2.43. The Morgan fingerprint density at radius 2 is 2.17 bits per heavy atom. The summed E-state index contributed by atoms with van der Waals surface area (Å²) in [5.74, 6) is -0.0528. The molecule has 0 aliphatic carbocycles. The fraction of sp³-hybridized carbons (Fsp3) is 0.556. The Kier molecular flexibility index (Phi) is 3.59. The van der Waals surface area contributed by atoms with Gasteiger partial charge >= 0.3 is 5.69 Å². The van der Waals surface area contributed by atoms with E-state index in [1.54, 1.807) is 5.48 Å². The summed E-state index contributed by atoms with van der Waals surface area (Å²) in [6.07, 6.45) is -3.50. The SMILES string of the molecule is O=c1nc(NO)ccn1[13CH]1O[13C@H]([13CH2]O)[13C@@H](O)[13C@H]1O.